The van der Waals surface area contributed by atoms with Crippen LogP contribution in [0.3, 0.4) is 0 Å². The molecule has 0 aliphatic carbocycles. The molecular formula is C13H20BrN3O2S. The van der Waals surface area contributed by atoms with Gasteiger partial charge in [0.2, 0.25) is 0 Å². The zero-order valence-electron chi connectivity index (χ0n) is 11.7. The van der Waals surface area contributed by atoms with E-state index in [1.165, 1.54) is 0 Å². The van der Waals surface area contributed by atoms with E-state index in [1.54, 1.807) is 24.3 Å². The lowest BCUT2D eigenvalue weighted by molar-refractivity contribution is 0.458. The molecule has 0 fully saturated rings. The summed E-state index contributed by atoms with van der Waals surface area (Å²) in [7, 11) is -3.31. The van der Waals surface area contributed by atoms with E-state index < -0.39 is 9.84 Å². The van der Waals surface area contributed by atoms with Crippen molar-refractivity contribution >= 4 is 31.7 Å². The highest BCUT2D eigenvalue weighted by Crippen LogP contribution is 2.15. The van der Waals surface area contributed by atoms with Gasteiger partial charge < -0.3 is 10.6 Å². The Labute approximate surface area is 128 Å². The van der Waals surface area contributed by atoms with Crippen LogP contribution in [0.15, 0.2) is 38.6 Å². The van der Waals surface area contributed by atoms with Gasteiger partial charge in [-0.1, -0.05) is 15.9 Å². The van der Waals surface area contributed by atoms with Gasteiger partial charge in [0.15, 0.2) is 15.8 Å². The second-order valence-corrected chi connectivity index (χ2v) is 7.21. The van der Waals surface area contributed by atoms with E-state index in [4.69, 9.17) is 5.73 Å². The summed E-state index contributed by atoms with van der Waals surface area (Å²) < 4.78 is 25.0. The second kappa shape index (κ2) is 7.64. The molecule has 0 radical (unpaired) electrons. The lowest BCUT2D eigenvalue weighted by Gasteiger charge is -2.19. The molecule has 0 aliphatic heterocycles. The minimum absolute atomic E-state index is 0.0450. The van der Waals surface area contributed by atoms with Crippen molar-refractivity contribution in [2.24, 2.45) is 10.7 Å². The maximum absolute atomic E-state index is 12.1. The van der Waals surface area contributed by atoms with Crippen LogP contribution in [0, 0.1) is 0 Å². The number of hydrogen-bond donors (Lipinski definition) is 1. The van der Waals surface area contributed by atoms with E-state index >= 15 is 0 Å². The molecule has 0 atom stereocenters. The Morgan fingerprint density at radius 3 is 2.30 bits per heavy atom. The van der Waals surface area contributed by atoms with E-state index in [9.17, 15) is 8.42 Å². The quantitative estimate of drug-likeness (QED) is 0.619. The monoisotopic (exact) mass is 361 g/mol. The predicted molar refractivity (Wildman–Crippen MR) is 85.6 cm³/mol. The zero-order valence-corrected chi connectivity index (χ0v) is 14.1. The normalized spacial score (nSPS) is 12.4. The molecule has 5 nitrogen and oxygen atoms in total. The van der Waals surface area contributed by atoms with Crippen molar-refractivity contribution in [2.75, 3.05) is 25.4 Å². The lowest BCUT2D eigenvalue weighted by Crippen LogP contribution is -2.37. The van der Waals surface area contributed by atoms with Crippen molar-refractivity contribution < 1.29 is 8.42 Å². The smallest absolute Gasteiger partial charge is 0.191 e. The first kappa shape index (κ1) is 17.0. The topological polar surface area (TPSA) is 75.8 Å². The van der Waals surface area contributed by atoms with Crippen LogP contribution in [-0.4, -0.2) is 44.7 Å². The van der Waals surface area contributed by atoms with Gasteiger partial charge in [0.25, 0.3) is 0 Å². The molecule has 0 aliphatic rings. The Morgan fingerprint density at radius 1 is 1.25 bits per heavy atom. The molecule has 1 aromatic carbocycles. The van der Waals surface area contributed by atoms with E-state index in [2.05, 4.69) is 20.9 Å². The first-order valence-electron chi connectivity index (χ1n) is 6.44. The highest BCUT2D eigenvalue weighted by Gasteiger charge is 2.13. The van der Waals surface area contributed by atoms with Gasteiger partial charge in [0, 0.05) is 17.6 Å². The largest absolute Gasteiger partial charge is 0.370 e. The van der Waals surface area contributed by atoms with Crippen LogP contribution in [0.1, 0.15) is 13.8 Å². The number of nitrogens with two attached hydrogens (primary N) is 1. The summed E-state index contributed by atoms with van der Waals surface area (Å²) in [5, 5.41) is 0. The van der Waals surface area contributed by atoms with E-state index in [1.807, 2.05) is 18.7 Å². The first-order valence-corrected chi connectivity index (χ1v) is 8.88. The van der Waals surface area contributed by atoms with Gasteiger partial charge in [0.1, 0.15) is 0 Å². The third kappa shape index (κ3) is 4.79. The molecule has 0 heterocycles. The molecule has 7 heteroatoms. The summed E-state index contributed by atoms with van der Waals surface area (Å²) in [5.41, 5.74) is 5.80. The number of halogens is 1. The van der Waals surface area contributed by atoms with Gasteiger partial charge in [-0.05, 0) is 38.1 Å². The first-order chi connectivity index (χ1) is 9.40. The third-order valence-electron chi connectivity index (χ3n) is 2.89. The maximum Gasteiger partial charge on any atom is 0.191 e. The molecule has 0 aromatic heterocycles. The van der Waals surface area contributed by atoms with Crippen LogP contribution in [0.25, 0.3) is 0 Å². The number of aliphatic imine (C=N–C) groups is 1. The minimum Gasteiger partial charge on any atom is -0.370 e. The van der Waals surface area contributed by atoms with Crippen molar-refractivity contribution in [1.29, 1.82) is 0 Å². The van der Waals surface area contributed by atoms with Gasteiger partial charge in [-0.25, -0.2) is 8.42 Å². The second-order valence-electron chi connectivity index (χ2n) is 4.19. The molecule has 1 rings (SSSR count). The molecule has 0 saturated carbocycles. The van der Waals surface area contributed by atoms with E-state index in [-0.39, 0.29) is 12.3 Å². The molecule has 0 saturated heterocycles. The molecule has 0 unspecified atom stereocenters. The predicted octanol–water partition coefficient (Wildman–Crippen LogP) is 1.88. The Bertz CT molecular complexity index is 551. The van der Waals surface area contributed by atoms with Gasteiger partial charge in [-0.2, -0.15) is 0 Å². The van der Waals surface area contributed by atoms with Crippen LogP contribution in [0.2, 0.25) is 0 Å². The molecule has 20 heavy (non-hydrogen) atoms. The van der Waals surface area contributed by atoms with Crippen molar-refractivity contribution in [2.45, 2.75) is 18.7 Å². The van der Waals surface area contributed by atoms with Crippen molar-refractivity contribution in [3.05, 3.63) is 28.7 Å². The molecule has 112 valence electrons. The van der Waals surface area contributed by atoms with Gasteiger partial charge in [0.05, 0.1) is 17.2 Å². The summed E-state index contributed by atoms with van der Waals surface area (Å²) in [6.07, 6.45) is 0. The molecule has 0 spiro atoms. The zero-order chi connectivity index (χ0) is 15.2. The Balaban J connectivity index is 2.69. The fraction of sp³-hybridized carbons (Fsp3) is 0.462. The fourth-order valence-electron chi connectivity index (χ4n) is 1.69. The number of sulfone groups is 1. The number of benzene rings is 1. The standard InChI is InChI=1S/C13H20BrN3O2S/c1-3-17(4-2)13(15)16-9-10-20(18,19)12-7-5-11(14)6-8-12/h5-8H,3-4,9-10H2,1-2H3,(H2,15,16). The van der Waals surface area contributed by atoms with Crippen molar-refractivity contribution in [3.8, 4) is 0 Å². The van der Waals surface area contributed by atoms with Crippen LogP contribution in [0.5, 0.6) is 0 Å². The Hall–Kier alpha value is -1.08. The number of guanidine groups is 1. The fourth-order valence-corrected chi connectivity index (χ4v) is 3.07. The minimum atomic E-state index is -3.31. The van der Waals surface area contributed by atoms with Gasteiger partial charge in [-0.15, -0.1) is 0 Å². The van der Waals surface area contributed by atoms with Crippen LogP contribution >= 0.6 is 15.9 Å². The molecular weight excluding hydrogens is 342 g/mol. The van der Waals surface area contributed by atoms with E-state index in [0.29, 0.717) is 10.9 Å². The van der Waals surface area contributed by atoms with Crippen LogP contribution < -0.4 is 5.73 Å². The summed E-state index contributed by atoms with van der Waals surface area (Å²) in [4.78, 5) is 6.31. The maximum atomic E-state index is 12.1. The van der Waals surface area contributed by atoms with Crippen LogP contribution in [0.4, 0.5) is 0 Å². The van der Waals surface area contributed by atoms with E-state index in [0.717, 1.165) is 17.6 Å². The molecule has 0 bridgehead atoms. The summed E-state index contributed by atoms with van der Waals surface area (Å²) >= 11 is 3.28. The molecule has 2 N–H and O–H groups in total. The number of nitrogens with zero attached hydrogens (tertiary/aromatic N) is 2. The number of rotatable bonds is 6. The van der Waals surface area contributed by atoms with Gasteiger partial charge >= 0.3 is 0 Å². The van der Waals surface area contributed by atoms with Crippen molar-refractivity contribution in [1.82, 2.24) is 4.90 Å². The molecule has 1 aromatic rings. The SMILES string of the molecule is CCN(CC)C(N)=NCCS(=O)(=O)c1ccc(Br)cc1. The number of hydrogen-bond acceptors (Lipinski definition) is 3. The van der Waals surface area contributed by atoms with Crippen molar-refractivity contribution in [3.63, 3.8) is 0 Å². The average molecular weight is 362 g/mol. The van der Waals surface area contributed by atoms with Crippen LogP contribution in [-0.2, 0) is 9.84 Å². The third-order valence-corrected chi connectivity index (χ3v) is 5.13. The summed E-state index contributed by atoms with van der Waals surface area (Å²) in [5.74, 6) is 0.345. The summed E-state index contributed by atoms with van der Waals surface area (Å²) in [6, 6.07) is 6.58. The molecule has 0 amide bonds. The average Bonchev–Trinajstić information content (AvgIpc) is 2.40. The Morgan fingerprint density at radius 2 is 1.80 bits per heavy atom. The highest BCUT2D eigenvalue weighted by atomic mass is 79.9. The lowest BCUT2D eigenvalue weighted by atomic mass is 10.4. The summed E-state index contributed by atoms with van der Waals surface area (Å²) in [6.45, 7) is 5.63. The highest BCUT2D eigenvalue weighted by molar-refractivity contribution is 9.10. The van der Waals surface area contributed by atoms with Gasteiger partial charge in [-0.3, -0.25) is 4.99 Å². The Kier molecular flexibility index (Phi) is 6.48.